The predicted molar refractivity (Wildman–Crippen MR) is 136 cm³/mol. The van der Waals surface area contributed by atoms with Crippen molar-refractivity contribution in [3.63, 3.8) is 0 Å². The lowest BCUT2D eigenvalue weighted by molar-refractivity contribution is -0.122. The fourth-order valence-corrected chi connectivity index (χ4v) is 4.66. The van der Waals surface area contributed by atoms with Gasteiger partial charge in [0, 0.05) is 26.0 Å². The zero-order valence-electron chi connectivity index (χ0n) is 18.2. The molecule has 1 aliphatic rings. The number of hydrogen-bond donors (Lipinski definition) is 1. The van der Waals surface area contributed by atoms with Crippen LogP contribution < -0.4 is 10.9 Å². The van der Waals surface area contributed by atoms with Gasteiger partial charge in [-0.15, -0.1) is 0 Å². The first kappa shape index (κ1) is 23.2. The van der Waals surface area contributed by atoms with E-state index in [0.29, 0.717) is 52.6 Å². The van der Waals surface area contributed by atoms with Crippen LogP contribution in [0.15, 0.2) is 64.4 Å². The van der Waals surface area contributed by atoms with Gasteiger partial charge in [-0.25, -0.2) is 4.98 Å². The smallest absolute Gasteiger partial charge is 0.267 e. The molecule has 7 nitrogen and oxygen atoms in total. The number of nitrogens with zero attached hydrogens (tertiary/aromatic N) is 3. The molecule has 3 aromatic rings. The van der Waals surface area contributed by atoms with Gasteiger partial charge in [-0.1, -0.05) is 60.4 Å². The van der Waals surface area contributed by atoms with Crippen molar-refractivity contribution < 1.29 is 9.53 Å². The van der Waals surface area contributed by atoms with Crippen LogP contribution in [0.5, 0.6) is 0 Å². The monoisotopic (exact) mass is 480 g/mol. The number of fused-ring (bicyclic) bond motifs is 1. The van der Waals surface area contributed by atoms with Gasteiger partial charge >= 0.3 is 0 Å². The van der Waals surface area contributed by atoms with E-state index in [4.69, 9.17) is 17.0 Å². The second-order valence-electron chi connectivity index (χ2n) is 7.34. The van der Waals surface area contributed by atoms with Gasteiger partial charge in [0.2, 0.25) is 0 Å². The summed E-state index contributed by atoms with van der Waals surface area (Å²) in [4.78, 5) is 33.0. The van der Waals surface area contributed by atoms with Crippen LogP contribution in [0, 0.1) is 0 Å². The summed E-state index contributed by atoms with van der Waals surface area (Å²) in [6.45, 7) is 4.20. The topological polar surface area (TPSA) is 75.9 Å². The van der Waals surface area contributed by atoms with Crippen molar-refractivity contribution >= 4 is 51.7 Å². The molecule has 9 heteroatoms. The number of hydrogen-bond acceptors (Lipinski definition) is 7. The molecular weight excluding hydrogens is 456 g/mol. The molecule has 1 aliphatic heterocycles. The number of anilines is 1. The fraction of sp³-hybridized carbons (Fsp3) is 0.250. The van der Waals surface area contributed by atoms with Crippen molar-refractivity contribution in [3.05, 3.63) is 81.1 Å². The van der Waals surface area contributed by atoms with Gasteiger partial charge < -0.3 is 10.1 Å². The number of nitrogens with one attached hydrogen (secondary N) is 1. The minimum absolute atomic E-state index is 0.214. The van der Waals surface area contributed by atoms with Gasteiger partial charge in [-0.05, 0) is 37.1 Å². The molecule has 0 aliphatic carbocycles. The Morgan fingerprint density at radius 1 is 1.15 bits per heavy atom. The van der Waals surface area contributed by atoms with Gasteiger partial charge in [-0.2, -0.15) is 0 Å². The maximum absolute atomic E-state index is 13.3. The van der Waals surface area contributed by atoms with Gasteiger partial charge in [-0.3, -0.25) is 18.9 Å². The Hall–Kier alpha value is -3.01. The van der Waals surface area contributed by atoms with Gasteiger partial charge in [0.15, 0.2) is 0 Å². The normalized spacial score (nSPS) is 15.1. The number of rotatable bonds is 9. The Morgan fingerprint density at radius 2 is 1.94 bits per heavy atom. The van der Waals surface area contributed by atoms with Crippen molar-refractivity contribution in [3.8, 4) is 0 Å². The van der Waals surface area contributed by atoms with Crippen LogP contribution in [0.2, 0.25) is 0 Å². The molecule has 1 aromatic carbocycles. The number of aromatic nitrogens is 2. The Bertz CT molecular complexity index is 1260. The number of amides is 1. The van der Waals surface area contributed by atoms with Crippen molar-refractivity contribution in [2.75, 3.05) is 25.1 Å². The number of thioether (sulfide) groups is 1. The third-order valence-corrected chi connectivity index (χ3v) is 6.44. The molecule has 0 saturated carbocycles. The van der Waals surface area contributed by atoms with E-state index in [0.717, 1.165) is 12.0 Å². The molecule has 1 fully saturated rings. The molecule has 1 amide bonds. The van der Waals surface area contributed by atoms with Crippen LogP contribution in [0.3, 0.4) is 0 Å². The zero-order chi connectivity index (χ0) is 23.2. The van der Waals surface area contributed by atoms with Gasteiger partial charge in [0.25, 0.3) is 11.5 Å². The molecule has 0 unspecified atom stereocenters. The number of carbonyl (C=O) groups is 1. The fourth-order valence-electron chi connectivity index (χ4n) is 3.43. The van der Waals surface area contributed by atoms with E-state index >= 15 is 0 Å². The van der Waals surface area contributed by atoms with E-state index in [-0.39, 0.29) is 11.5 Å². The molecule has 0 atom stereocenters. The number of benzene rings is 1. The summed E-state index contributed by atoms with van der Waals surface area (Å²) in [5.74, 6) is 0.227. The van der Waals surface area contributed by atoms with E-state index in [2.05, 4.69) is 10.3 Å². The van der Waals surface area contributed by atoms with E-state index in [9.17, 15) is 9.59 Å². The molecule has 0 spiro atoms. The van der Waals surface area contributed by atoms with E-state index in [1.165, 1.54) is 16.2 Å². The highest BCUT2D eigenvalue weighted by atomic mass is 32.2. The Kier molecular flexibility index (Phi) is 7.54. The summed E-state index contributed by atoms with van der Waals surface area (Å²) >= 11 is 6.66. The second kappa shape index (κ2) is 10.7. The van der Waals surface area contributed by atoms with Gasteiger partial charge in [0.1, 0.15) is 15.8 Å². The first-order chi connectivity index (χ1) is 16.1. The molecule has 1 N–H and O–H groups in total. The van der Waals surface area contributed by atoms with Crippen LogP contribution >= 0.6 is 24.0 Å². The average Bonchev–Trinajstić information content (AvgIpc) is 3.09. The number of thiocarbonyl (C=S) groups is 1. The molecule has 2 aromatic heterocycles. The lowest BCUT2D eigenvalue weighted by Gasteiger charge is -2.14. The summed E-state index contributed by atoms with van der Waals surface area (Å²) in [5, 5.41) is 3.24. The van der Waals surface area contributed by atoms with Crippen LogP contribution in [-0.4, -0.2) is 44.3 Å². The highest BCUT2D eigenvalue weighted by Gasteiger charge is 2.32. The third-order valence-electron chi connectivity index (χ3n) is 5.06. The number of ether oxygens (including phenoxy) is 1. The van der Waals surface area contributed by atoms with Crippen molar-refractivity contribution in [2.45, 2.75) is 19.9 Å². The summed E-state index contributed by atoms with van der Waals surface area (Å²) in [5.41, 5.74) is 1.60. The number of carbonyl (C=O) groups excluding carboxylic acids is 1. The average molecular weight is 481 g/mol. The summed E-state index contributed by atoms with van der Waals surface area (Å²) in [6, 6.07) is 15.1. The molecule has 1 saturated heterocycles. The van der Waals surface area contributed by atoms with E-state index < -0.39 is 0 Å². The predicted octanol–water partition coefficient (Wildman–Crippen LogP) is 3.93. The summed E-state index contributed by atoms with van der Waals surface area (Å²) < 4.78 is 7.33. The maximum atomic E-state index is 13.3. The molecule has 0 bridgehead atoms. The Labute approximate surface area is 201 Å². The summed E-state index contributed by atoms with van der Waals surface area (Å²) in [7, 11) is 0. The van der Waals surface area contributed by atoms with E-state index in [1.807, 2.05) is 43.3 Å². The maximum Gasteiger partial charge on any atom is 0.267 e. The standard InChI is InChI=1S/C24H24N4O3S2/c1-2-31-14-8-12-25-21-18(22(29)27-13-7-6-11-20(27)26-21)15-19-23(30)28(24(32)33-19)16-17-9-4-3-5-10-17/h3-7,9-11,13,15,25H,2,8,12,14,16H2,1H3/b19-15+. The van der Waals surface area contributed by atoms with Crippen molar-refractivity contribution in [1.82, 2.24) is 14.3 Å². The Balaban J connectivity index is 1.65. The molecule has 33 heavy (non-hydrogen) atoms. The van der Waals surface area contributed by atoms with Crippen LogP contribution in [0.25, 0.3) is 11.7 Å². The van der Waals surface area contributed by atoms with Crippen LogP contribution in [0.4, 0.5) is 5.82 Å². The highest BCUT2D eigenvalue weighted by molar-refractivity contribution is 8.26. The van der Waals surface area contributed by atoms with E-state index in [1.54, 1.807) is 29.3 Å². The quantitative estimate of drug-likeness (QED) is 0.282. The highest BCUT2D eigenvalue weighted by Crippen LogP contribution is 2.34. The molecular formula is C24H24N4O3S2. The van der Waals surface area contributed by atoms with Crippen molar-refractivity contribution in [1.29, 1.82) is 0 Å². The summed E-state index contributed by atoms with van der Waals surface area (Å²) in [6.07, 6.45) is 4.04. The first-order valence-corrected chi connectivity index (χ1v) is 11.9. The molecule has 4 rings (SSSR count). The largest absolute Gasteiger partial charge is 0.382 e. The molecule has 170 valence electrons. The second-order valence-corrected chi connectivity index (χ2v) is 9.01. The minimum atomic E-state index is -0.249. The van der Waals surface area contributed by atoms with Crippen LogP contribution in [-0.2, 0) is 16.1 Å². The van der Waals surface area contributed by atoms with Crippen molar-refractivity contribution in [2.24, 2.45) is 0 Å². The zero-order valence-corrected chi connectivity index (χ0v) is 19.8. The first-order valence-electron chi connectivity index (χ1n) is 10.7. The number of pyridine rings is 1. The minimum Gasteiger partial charge on any atom is -0.382 e. The third kappa shape index (κ3) is 5.32. The SMILES string of the molecule is CCOCCCNc1nc2ccccn2c(=O)c1/C=C1/SC(=S)N(Cc2ccccc2)C1=O. The molecule has 3 heterocycles. The lowest BCUT2D eigenvalue weighted by atomic mass is 10.2. The van der Waals surface area contributed by atoms with Gasteiger partial charge in [0.05, 0.1) is 17.0 Å². The van der Waals surface area contributed by atoms with Crippen LogP contribution in [0.1, 0.15) is 24.5 Å². The lowest BCUT2D eigenvalue weighted by Crippen LogP contribution is -2.27. The Morgan fingerprint density at radius 3 is 2.73 bits per heavy atom. The molecule has 0 radical (unpaired) electrons.